The quantitative estimate of drug-likeness (QED) is 0.543. The predicted octanol–water partition coefficient (Wildman–Crippen LogP) is 4.44. The summed E-state index contributed by atoms with van der Waals surface area (Å²) < 4.78 is 28.2. The van der Waals surface area contributed by atoms with Crippen molar-refractivity contribution in [3.63, 3.8) is 0 Å². The molecule has 10 heteroatoms. The van der Waals surface area contributed by atoms with Gasteiger partial charge in [0.1, 0.15) is 5.03 Å². The van der Waals surface area contributed by atoms with Gasteiger partial charge in [-0.05, 0) is 48.8 Å². The van der Waals surface area contributed by atoms with E-state index in [2.05, 4.69) is 72.7 Å². The first-order valence-corrected chi connectivity index (χ1v) is 18.6. The van der Waals surface area contributed by atoms with Crippen LogP contribution >= 0.6 is 0 Å². The number of nitrogens with one attached hydrogen (secondary N) is 1. The molecule has 0 unspecified atom stereocenters. The number of hydrogen-bond acceptors (Lipinski definition) is 5. The van der Waals surface area contributed by atoms with Crippen LogP contribution in [0.2, 0.25) is 36.3 Å². The van der Waals surface area contributed by atoms with E-state index in [1.807, 2.05) is 6.92 Å². The fourth-order valence-corrected chi connectivity index (χ4v) is 6.98. The van der Waals surface area contributed by atoms with E-state index in [1.54, 1.807) is 6.08 Å². The van der Waals surface area contributed by atoms with Crippen LogP contribution in [0.15, 0.2) is 21.9 Å². The number of aromatic nitrogens is 2. The predicted molar refractivity (Wildman–Crippen MR) is 142 cm³/mol. The minimum absolute atomic E-state index is 0.0189. The molecule has 7 nitrogen and oxygen atoms in total. The summed E-state index contributed by atoms with van der Waals surface area (Å²) in [6.45, 7) is 23.8. The number of aryl methyl sites for hydroxylation is 1. The maximum atomic E-state index is 13.7. The molecule has 0 radical (unpaired) electrons. The van der Waals surface area contributed by atoms with Gasteiger partial charge in [-0.3, -0.25) is 18.6 Å². The number of hydrogen-bond donors (Lipinski definition) is 1. The van der Waals surface area contributed by atoms with Crippen molar-refractivity contribution in [1.82, 2.24) is 9.55 Å². The first kappa shape index (κ1) is 28.2. The van der Waals surface area contributed by atoms with Crippen LogP contribution in [0.1, 0.15) is 54.0 Å². The molecule has 2 rings (SSSR count). The van der Waals surface area contributed by atoms with E-state index in [1.165, 1.54) is 10.8 Å². The monoisotopic (exact) mass is 514 g/mol. The third kappa shape index (κ3) is 5.95. The molecule has 1 aliphatic rings. The fourth-order valence-electron chi connectivity index (χ4n) is 2.99. The molecule has 0 saturated heterocycles. The average Bonchev–Trinajstić information content (AvgIpc) is 2.93. The Balaban J connectivity index is 2.51. The van der Waals surface area contributed by atoms with Crippen LogP contribution in [0.4, 0.5) is 0 Å². The van der Waals surface area contributed by atoms with Crippen LogP contribution in [-0.4, -0.2) is 48.4 Å². The molecule has 0 amide bonds. The van der Waals surface area contributed by atoms with Gasteiger partial charge in [0, 0.05) is 11.8 Å². The van der Waals surface area contributed by atoms with Gasteiger partial charge in [0.2, 0.25) is 0 Å². The SMILES string of the molecule is CCc1cn(C2=C[C@H](O[Si](C)(C)C(C)(C)C)[C@@H](CO[Si](C)(C)C(C)(C)C)[S@@]2=O)c(=O)[nH]c1=O. The molecule has 1 N–H and O–H groups in total. The molecule has 0 aliphatic carbocycles. The van der Waals surface area contributed by atoms with Crippen molar-refractivity contribution in [3.8, 4) is 0 Å². The lowest BCUT2D eigenvalue weighted by atomic mass is 10.2. The van der Waals surface area contributed by atoms with E-state index in [4.69, 9.17) is 8.85 Å². The molecule has 33 heavy (non-hydrogen) atoms. The summed E-state index contributed by atoms with van der Waals surface area (Å²) in [5.74, 6) is 0. The van der Waals surface area contributed by atoms with Crippen molar-refractivity contribution < 1.29 is 13.1 Å². The Morgan fingerprint density at radius 2 is 1.58 bits per heavy atom. The van der Waals surface area contributed by atoms with Gasteiger partial charge in [0.15, 0.2) is 16.6 Å². The molecular formula is C23H42N2O5SSi2. The molecular weight excluding hydrogens is 473 g/mol. The summed E-state index contributed by atoms with van der Waals surface area (Å²) in [6, 6.07) is 0. The highest BCUT2D eigenvalue weighted by atomic mass is 32.2. The first-order valence-electron chi connectivity index (χ1n) is 11.6. The van der Waals surface area contributed by atoms with E-state index in [0.717, 1.165) is 0 Å². The highest BCUT2D eigenvalue weighted by molar-refractivity contribution is 7.95. The van der Waals surface area contributed by atoms with E-state index in [9.17, 15) is 13.8 Å². The van der Waals surface area contributed by atoms with Gasteiger partial charge in [-0.1, -0.05) is 48.5 Å². The maximum absolute atomic E-state index is 13.7. The molecule has 0 fully saturated rings. The lowest BCUT2D eigenvalue weighted by Gasteiger charge is -2.40. The van der Waals surface area contributed by atoms with Crippen LogP contribution in [0.25, 0.3) is 5.03 Å². The normalized spacial score (nSPS) is 22.5. The molecule has 188 valence electrons. The second kappa shape index (κ2) is 9.52. The molecule has 3 atom stereocenters. The molecule has 1 aromatic heterocycles. The largest absolute Gasteiger partial charge is 0.415 e. The molecule has 0 bridgehead atoms. The zero-order valence-corrected chi connectivity index (χ0v) is 24.9. The molecule has 0 spiro atoms. The standard InChI is InChI=1S/C23H42N2O5SSi2/c1-12-16-14-25(21(27)24-20(16)26)19-13-17(30-33(10,11)23(5,6)7)18(31(19)28)15-29-32(8,9)22(2,3)4/h13-14,17-18H,12,15H2,1-11H3,(H,24,26,27)/t17-,18+,31-/m0/s1. The summed E-state index contributed by atoms with van der Waals surface area (Å²) in [6.07, 6.45) is 3.34. The number of aromatic amines is 1. The molecule has 2 heterocycles. The Labute approximate surface area is 202 Å². The minimum Gasteiger partial charge on any atom is -0.415 e. The van der Waals surface area contributed by atoms with Crippen molar-refractivity contribution in [1.29, 1.82) is 0 Å². The smallest absolute Gasteiger partial charge is 0.333 e. The molecule has 0 aromatic carbocycles. The fraction of sp³-hybridized carbons (Fsp3) is 0.739. The van der Waals surface area contributed by atoms with E-state index < -0.39 is 50.0 Å². The van der Waals surface area contributed by atoms with Crippen molar-refractivity contribution >= 4 is 32.5 Å². The zero-order chi connectivity index (χ0) is 25.6. The molecule has 0 saturated carbocycles. The third-order valence-corrected chi connectivity index (χ3v) is 18.1. The van der Waals surface area contributed by atoms with Gasteiger partial charge in [-0.2, -0.15) is 0 Å². The lowest BCUT2D eigenvalue weighted by Crippen LogP contribution is -2.49. The van der Waals surface area contributed by atoms with Crippen LogP contribution in [0.3, 0.4) is 0 Å². The van der Waals surface area contributed by atoms with E-state index >= 15 is 0 Å². The summed E-state index contributed by atoms with van der Waals surface area (Å²) in [5, 5.41) is -0.0730. The minimum atomic E-state index is -2.19. The van der Waals surface area contributed by atoms with Crippen LogP contribution in [0, 0.1) is 0 Å². The zero-order valence-electron chi connectivity index (χ0n) is 22.1. The second-order valence-corrected chi connectivity index (χ2v) is 23.1. The summed E-state index contributed by atoms with van der Waals surface area (Å²) in [5.41, 5.74) is -0.529. The van der Waals surface area contributed by atoms with Gasteiger partial charge >= 0.3 is 5.69 Å². The van der Waals surface area contributed by atoms with Crippen molar-refractivity contribution in [2.45, 2.75) is 103 Å². The Morgan fingerprint density at radius 3 is 2.06 bits per heavy atom. The van der Waals surface area contributed by atoms with Gasteiger partial charge in [0.25, 0.3) is 5.56 Å². The van der Waals surface area contributed by atoms with Crippen molar-refractivity contribution in [2.24, 2.45) is 0 Å². The third-order valence-electron chi connectivity index (χ3n) is 7.44. The maximum Gasteiger partial charge on any atom is 0.333 e. The van der Waals surface area contributed by atoms with E-state index in [-0.39, 0.29) is 10.1 Å². The van der Waals surface area contributed by atoms with Crippen LogP contribution in [-0.2, 0) is 26.1 Å². The topological polar surface area (TPSA) is 90.4 Å². The summed E-state index contributed by atoms with van der Waals surface area (Å²) in [7, 11) is -5.80. The number of rotatable bonds is 7. The van der Waals surface area contributed by atoms with Gasteiger partial charge in [-0.15, -0.1) is 0 Å². The Hall–Kier alpha value is -1.08. The van der Waals surface area contributed by atoms with Crippen LogP contribution < -0.4 is 11.2 Å². The lowest BCUT2D eigenvalue weighted by molar-refractivity contribution is 0.184. The van der Waals surface area contributed by atoms with E-state index in [0.29, 0.717) is 23.6 Å². The Bertz CT molecular complexity index is 1040. The van der Waals surface area contributed by atoms with Gasteiger partial charge < -0.3 is 8.85 Å². The van der Waals surface area contributed by atoms with Gasteiger partial charge in [-0.25, -0.2) is 4.79 Å². The first-order chi connectivity index (χ1) is 14.8. The average molecular weight is 515 g/mol. The molecule has 1 aliphatic heterocycles. The second-order valence-electron chi connectivity index (χ2n) is 11.9. The van der Waals surface area contributed by atoms with Crippen molar-refractivity contribution in [2.75, 3.05) is 6.61 Å². The van der Waals surface area contributed by atoms with Gasteiger partial charge in [0.05, 0.1) is 28.8 Å². The van der Waals surface area contributed by atoms with Crippen LogP contribution in [0.5, 0.6) is 0 Å². The summed E-state index contributed by atoms with van der Waals surface area (Å²) >= 11 is 0. The molecule has 1 aromatic rings. The van der Waals surface area contributed by atoms with Crippen molar-refractivity contribution in [3.05, 3.63) is 38.7 Å². The highest BCUT2D eigenvalue weighted by Gasteiger charge is 2.46. The number of H-pyrrole nitrogens is 1. The highest BCUT2D eigenvalue weighted by Crippen LogP contribution is 2.41. The Kier molecular flexibility index (Phi) is 8.13. The Morgan fingerprint density at radius 1 is 1.03 bits per heavy atom. The summed E-state index contributed by atoms with van der Waals surface area (Å²) in [4.78, 5) is 27.0. The number of nitrogens with zero attached hydrogens (tertiary/aromatic N) is 1.